The predicted octanol–water partition coefficient (Wildman–Crippen LogP) is 4.72. The van der Waals surface area contributed by atoms with Crippen molar-refractivity contribution in [1.82, 2.24) is 20.0 Å². The number of benzene rings is 1. The number of rotatable bonds is 8. The van der Waals surface area contributed by atoms with Crippen LogP contribution >= 0.6 is 11.6 Å². The van der Waals surface area contributed by atoms with E-state index in [4.69, 9.17) is 16.0 Å². The van der Waals surface area contributed by atoms with Crippen LogP contribution in [0.3, 0.4) is 0 Å². The third-order valence-electron chi connectivity index (χ3n) is 5.73. The van der Waals surface area contributed by atoms with E-state index in [9.17, 15) is 0 Å². The van der Waals surface area contributed by atoms with Crippen molar-refractivity contribution in [3.8, 4) is 0 Å². The van der Waals surface area contributed by atoms with Gasteiger partial charge in [0.1, 0.15) is 10.9 Å². The zero-order valence-electron chi connectivity index (χ0n) is 17.2. The van der Waals surface area contributed by atoms with Gasteiger partial charge in [-0.1, -0.05) is 41.4 Å². The maximum atomic E-state index is 6.68. The first-order valence-corrected chi connectivity index (χ1v) is 10.7. The largest absolute Gasteiger partial charge is 0.468 e. The molecule has 1 N–H and O–H groups in total. The molecule has 1 unspecified atom stereocenters. The Balaban J connectivity index is 1.41. The fraction of sp³-hybridized carbons (Fsp3) is 0.435. The summed E-state index contributed by atoms with van der Waals surface area (Å²) in [5.74, 6) is 1.03. The first-order valence-electron chi connectivity index (χ1n) is 10.4. The van der Waals surface area contributed by atoms with Crippen LogP contribution in [0.2, 0.25) is 5.15 Å². The highest BCUT2D eigenvalue weighted by Gasteiger charge is 2.25. The number of nitrogens with zero attached hydrogens (tertiary/aromatic N) is 3. The van der Waals surface area contributed by atoms with Crippen LogP contribution in [0.4, 0.5) is 0 Å². The highest BCUT2D eigenvalue weighted by molar-refractivity contribution is 6.30. The average Bonchev–Trinajstić information content (AvgIpc) is 3.46. The molecule has 0 radical (unpaired) electrons. The quantitative estimate of drug-likeness (QED) is 0.581. The molecule has 29 heavy (non-hydrogen) atoms. The summed E-state index contributed by atoms with van der Waals surface area (Å²) in [7, 11) is 0. The smallest absolute Gasteiger partial charge is 0.132 e. The van der Waals surface area contributed by atoms with Crippen molar-refractivity contribution in [2.24, 2.45) is 0 Å². The normalized spacial score (nSPS) is 15.8. The Hall–Kier alpha value is -2.08. The van der Waals surface area contributed by atoms with Crippen LogP contribution in [0, 0.1) is 13.8 Å². The van der Waals surface area contributed by atoms with Crippen molar-refractivity contribution >= 4 is 11.6 Å². The monoisotopic (exact) mass is 412 g/mol. The minimum atomic E-state index is 0.259. The van der Waals surface area contributed by atoms with E-state index in [0.717, 1.165) is 36.7 Å². The summed E-state index contributed by atoms with van der Waals surface area (Å²) in [4.78, 5) is 2.50. The second kappa shape index (κ2) is 9.16. The lowest BCUT2D eigenvalue weighted by molar-refractivity contribution is 0.209. The highest BCUT2D eigenvalue weighted by atomic mass is 35.5. The first kappa shape index (κ1) is 20.2. The summed E-state index contributed by atoms with van der Waals surface area (Å²) in [6, 6.07) is 12.8. The minimum absolute atomic E-state index is 0.259. The van der Waals surface area contributed by atoms with Gasteiger partial charge < -0.3 is 9.73 Å². The topological polar surface area (TPSA) is 46.2 Å². The van der Waals surface area contributed by atoms with E-state index in [1.165, 1.54) is 24.0 Å². The molecule has 0 aliphatic carbocycles. The Labute approximate surface area is 177 Å². The fourth-order valence-electron chi connectivity index (χ4n) is 4.04. The number of aromatic nitrogens is 2. The Morgan fingerprint density at radius 2 is 1.90 bits per heavy atom. The molecule has 0 spiro atoms. The SMILES string of the molecule is Cc1ccc(Cn2nc(C)c(CNCC(c3ccco3)N3CCCC3)c2Cl)cc1. The van der Waals surface area contributed by atoms with Gasteiger partial charge >= 0.3 is 0 Å². The molecule has 2 aromatic heterocycles. The van der Waals surface area contributed by atoms with Crippen LogP contribution in [0.1, 0.15) is 47.0 Å². The summed E-state index contributed by atoms with van der Waals surface area (Å²) < 4.78 is 7.60. The van der Waals surface area contributed by atoms with Gasteiger partial charge in [0.2, 0.25) is 0 Å². The molecule has 5 nitrogen and oxygen atoms in total. The summed E-state index contributed by atoms with van der Waals surface area (Å²) >= 11 is 6.68. The number of likely N-dealkylation sites (tertiary alicyclic amines) is 1. The standard InChI is InChI=1S/C23H29ClN4O/c1-17-7-9-19(10-8-17)16-28-23(24)20(18(2)26-28)14-25-15-21(22-6-5-13-29-22)27-11-3-4-12-27/h5-10,13,21,25H,3-4,11-12,14-16H2,1-2H3. The molecular weight excluding hydrogens is 384 g/mol. The van der Waals surface area contributed by atoms with Crippen LogP contribution in [0.5, 0.6) is 0 Å². The van der Waals surface area contributed by atoms with E-state index >= 15 is 0 Å². The van der Waals surface area contributed by atoms with Gasteiger partial charge in [-0.3, -0.25) is 4.90 Å². The van der Waals surface area contributed by atoms with E-state index in [2.05, 4.69) is 52.6 Å². The van der Waals surface area contributed by atoms with E-state index in [0.29, 0.717) is 18.2 Å². The van der Waals surface area contributed by atoms with E-state index in [1.54, 1.807) is 6.26 Å². The van der Waals surface area contributed by atoms with Gasteiger partial charge in [0.15, 0.2) is 0 Å². The van der Waals surface area contributed by atoms with Crippen molar-refractivity contribution in [2.75, 3.05) is 19.6 Å². The van der Waals surface area contributed by atoms with Gasteiger partial charge in [-0.15, -0.1) is 0 Å². The molecule has 154 valence electrons. The van der Waals surface area contributed by atoms with Crippen molar-refractivity contribution in [2.45, 2.75) is 45.8 Å². The molecule has 1 aliphatic rings. The number of nitrogens with one attached hydrogen (secondary N) is 1. The molecular formula is C23H29ClN4O. The molecule has 1 saturated heterocycles. The molecule has 0 bridgehead atoms. The van der Waals surface area contributed by atoms with Gasteiger partial charge in [-0.25, -0.2) is 4.68 Å². The summed E-state index contributed by atoms with van der Waals surface area (Å²) in [5, 5.41) is 8.98. The number of furan rings is 1. The van der Waals surface area contributed by atoms with Crippen LogP contribution < -0.4 is 5.32 Å². The first-order chi connectivity index (χ1) is 14.1. The molecule has 4 rings (SSSR count). The maximum absolute atomic E-state index is 6.68. The summed E-state index contributed by atoms with van der Waals surface area (Å²) in [6.07, 6.45) is 4.27. The summed E-state index contributed by atoms with van der Waals surface area (Å²) in [5.41, 5.74) is 4.50. The third-order valence-corrected chi connectivity index (χ3v) is 6.15. The van der Waals surface area contributed by atoms with Crippen molar-refractivity contribution in [3.05, 3.63) is 76.0 Å². The van der Waals surface area contributed by atoms with Crippen LogP contribution in [0.15, 0.2) is 47.1 Å². The Morgan fingerprint density at radius 3 is 2.59 bits per heavy atom. The van der Waals surface area contributed by atoms with E-state index < -0.39 is 0 Å². The number of halogens is 1. The van der Waals surface area contributed by atoms with Gasteiger partial charge in [0, 0.05) is 18.7 Å². The maximum Gasteiger partial charge on any atom is 0.132 e. The van der Waals surface area contributed by atoms with Crippen molar-refractivity contribution < 1.29 is 4.42 Å². The number of hydrogen-bond acceptors (Lipinski definition) is 4. The Morgan fingerprint density at radius 1 is 1.14 bits per heavy atom. The lowest BCUT2D eigenvalue weighted by Gasteiger charge is -2.26. The average molecular weight is 413 g/mol. The molecule has 3 aromatic rings. The fourth-order valence-corrected chi connectivity index (χ4v) is 4.34. The van der Waals surface area contributed by atoms with Crippen molar-refractivity contribution in [3.63, 3.8) is 0 Å². The van der Waals surface area contributed by atoms with E-state index in [1.807, 2.05) is 17.7 Å². The molecule has 3 heterocycles. The molecule has 0 amide bonds. The predicted molar refractivity (Wildman–Crippen MR) is 116 cm³/mol. The van der Waals surface area contributed by atoms with Gasteiger partial charge in [0.05, 0.1) is 24.5 Å². The minimum Gasteiger partial charge on any atom is -0.468 e. The van der Waals surface area contributed by atoms with Crippen LogP contribution in [-0.4, -0.2) is 34.3 Å². The van der Waals surface area contributed by atoms with Gasteiger partial charge in [0.25, 0.3) is 0 Å². The van der Waals surface area contributed by atoms with Gasteiger partial charge in [-0.05, 0) is 57.5 Å². The van der Waals surface area contributed by atoms with Crippen LogP contribution in [-0.2, 0) is 13.1 Å². The second-order valence-corrected chi connectivity index (χ2v) is 8.26. The number of aryl methyl sites for hydroxylation is 2. The number of hydrogen-bond donors (Lipinski definition) is 1. The molecule has 1 atom stereocenters. The zero-order valence-corrected chi connectivity index (χ0v) is 18.0. The third kappa shape index (κ3) is 4.74. The molecule has 1 fully saturated rings. The molecule has 1 aliphatic heterocycles. The Bertz CT molecular complexity index is 911. The van der Waals surface area contributed by atoms with Crippen LogP contribution in [0.25, 0.3) is 0 Å². The lowest BCUT2D eigenvalue weighted by atomic mass is 10.1. The zero-order chi connectivity index (χ0) is 20.2. The second-order valence-electron chi connectivity index (χ2n) is 7.90. The Kier molecular flexibility index (Phi) is 6.38. The summed E-state index contributed by atoms with van der Waals surface area (Å²) in [6.45, 7) is 8.58. The van der Waals surface area contributed by atoms with Gasteiger partial charge in [-0.2, -0.15) is 5.10 Å². The molecule has 1 aromatic carbocycles. The lowest BCUT2D eigenvalue weighted by Crippen LogP contribution is -2.33. The molecule has 6 heteroatoms. The van der Waals surface area contributed by atoms with Crippen molar-refractivity contribution in [1.29, 1.82) is 0 Å². The molecule has 0 saturated carbocycles. The highest BCUT2D eigenvalue weighted by Crippen LogP contribution is 2.26. The van der Waals surface area contributed by atoms with E-state index in [-0.39, 0.29) is 6.04 Å².